The number of halogens is 2. The van der Waals surface area contributed by atoms with Crippen molar-refractivity contribution in [2.75, 3.05) is 20.1 Å². The van der Waals surface area contributed by atoms with Crippen LogP contribution in [-0.2, 0) is 6.54 Å². The van der Waals surface area contributed by atoms with Gasteiger partial charge in [0.15, 0.2) is 0 Å². The van der Waals surface area contributed by atoms with Crippen LogP contribution < -0.4 is 5.32 Å². The highest BCUT2D eigenvalue weighted by Gasteiger charge is 2.18. The second-order valence-electron chi connectivity index (χ2n) is 4.65. The third kappa shape index (κ3) is 3.59. The van der Waals surface area contributed by atoms with Gasteiger partial charge in [0.05, 0.1) is 0 Å². The van der Waals surface area contributed by atoms with Crippen molar-refractivity contribution in [1.82, 2.24) is 10.2 Å². The van der Waals surface area contributed by atoms with E-state index in [1.807, 2.05) is 18.2 Å². The van der Waals surface area contributed by atoms with Gasteiger partial charge in [-0.25, -0.2) is 0 Å². The number of hydrogen-bond acceptors (Lipinski definition) is 2. The fraction of sp³-hybridized carbons (Fsp3) is 0.538. The summed E-state index contributed by atoms with van der Waals surface area (Å²) in [6.45, 7) is 3.09. The van der Waals surface area contributed by atoms with Crippen molar-refractivity contribution in [3.63, 3.8) is 0 Å². The van der Waals surface area contributed by atoms with E-state index in [0.717, 1.165) is 30.2 Å². The van der Waals surface area contributed by atoms with Crippen LogP contribution in [-0.4, -0.2) is 31.1 Å². The highest BCUT2D eigenvalue weighted by molar-refractivity contribution is 6.35. The summed E-state index contributed by atoms with van der Waals surface area (Å²) >= 11 is 12.1. The summed E-state index contributed by atoms with van der Waals surface area (Å²) in [5.41, 5.74) is 1.14. The highest BCUT2D eigenvalue weighted by Crippen LogP contribution is 2.23. The average Bonchev–Trinajstić information content (AvgIpc) is 2.34. The summed E-state index contributed by atoms with van der Waals surface area (Å²) in [6, 6.07) is 6.33. The van der Waals surface area contributed by atoms with Crippen LogP contribution in [0.25, 0.3) is 0 Å². The van der Waals surface area contributed by atoms with Gasteiger partial charge in [0.2, 0.25) is 0 Å². The summed E-state index contributed by atoms with van der Waals surface area (Å²) in [5.74, 6) is 0. The number of piperidine rings is 1. The Labute approximate surface area is 113 Å². The topological polar surface area (TPSA) is 15.3 Å². The summed E-state index contributed by atoms with van der Waals surface area (Å²) in [5, 5.41) is 4.88. The van der Waals surface area contributed by atoms with E-state index in [1.54, 1.807) is 0 Å². The first kappa shape index (κ1) is 13.2. The quantitative estimate of drug-likeness (QED) is 0.910. The minimum atomic E-state index is 0.607. The molecule has 0 aliphatic carbocycles. The molecule has 2 rings (SSSR count). The van der Waals surface area contributed by atoms with Crippen LogP contribution in [0.4, 0.5) is 0 Å². The zero-order valence-corrected chi connectivity index (χ0v) is 11.6. The summed E-state index contributed by atoms with van der Waals surface area (Å²) in [7, 11) is 2.16. The first-order valence-electron chi connectivity index (χ1n) is 6.01. The van der Waals surface area contributed by atoms with Gasteiger partial charge in [-0.3, -0.25) is 4.90 Å². The number of nitrogens with one attached hydrogen (secondary N) is 1. The molecule has 0 aromatic heterocycles. The Balaban J connectivity index is 1.99. The van der Waals surface area contributed by atoms with E-state index in [1.165, 1.54) is 12.8 Å². The van der Waals surface area contributed by atoms with Gasteiger partial charge in [0.1, 0.15) is 0 Å². The van der Waals surface area contributed by atoms with Crippen LogP contribution in [0.2, 0.25) is 10.0 Å². The Morgan fingerprint density at radius 2 is 2.24 bits per heavy atom. The van der Waals surface area contributed by atoms with Crippen LogP contribution in [0, 0.1) is 0 Å². The summed E-state index contributed by atoms with van der Waals surface area (Å²) in [6.07, 6.45) is 2.51. The molecule has 94 valence electrons. The van der Waals surface area contributed by atoms with E-state index in [0.29, 0.717) is 11.1 Å². The van der Waals surface area contributed by atoms with Gasteiger partial charge in [-0.1, -0.05) is 29.3 Å². The van der Waals surface area contributed by atoms with Crippen molar-refractivity contribution in [3.8, 4) is 0 Å². The molecular weight excluding hydrogens is 255 g/mol. The van der Waals surface area contributed by atoms with Crippen molar-refractivity contribution < 1.29 is 0 Å². The third-order valence-electron chi connectivity index (χ3n) is 3.33. The number of hydrogen-bond donors (Lipinski definition) is 1. The van der Waals surface area contributed by atoms with Crippen molar-refractivity contribution in [3.05, 3.63) is 33.8 Å². The van der Waals surface area contributed by atoms with Gasteiger partial charge in [0, 0.05) is 29.2 Å². The lowest BCUT2D eigenvalue weighted by molar-refractivity contribution is 0.196. The third-order valence-corrected chi connectivity index (χ3v) is 3.92. The maximum absolute atomic E-state index is 6.19. The first-order valence-corrected chi connectivity index (χ1v) is 6.77. The minimum absolute atomic E-state index is 0.607. The van der Waals surface area contributed by atoms with Crippen LogP contribution in [0.3, 0.4) is 0 Å². The smallest absolute Gasteiger partial charge is 0.0465 e. The van der Waals surface area contributed by atoms with Crippen molar-refractivity contribution in [2.45, 2.75) is 25.4 Å². The van der Waals surface area contributed by atoms with Gasteiger partial charge in [-0.15, -0.1) is 0 Å². The van der Waals surface area contributed by atoms with Gasteiger partial charge in [-0.05, 0) is 44.1 Å². The second kappa shape index (κ2) is 6.05. The molecule has 1 atom stereocenters. The first-order chi connectivity index (χ1) is 8.16. The van der Waals surface area contributed by atoms with Gasteiger partial charge in [-0.2, -0.15) is 0 Å². The van der Waals surface area contributed by atoms with E-state index >= 15 is 0 Å². The maximum Gasteiger partial charge on any atom is 0.0465 e. The molecule has 1 aliphatic heterocycles. The zero-order chi connectivity index (χ0) is 12.3. The van der Waals surface area contributed by atoms with Crippen LogP contribution in [0.1, 0.15) is 18.4 Å². The number of likely N-dealkylation sites (N-methyl/N-ethyl adjacent to an activating group) is 1. The maximum atomic E-state index is 6.19. The van der Waals surface area contributed by atoms with E-state index in [9.17, 15) is 0 Å². The summed E-state index contributed by atoms with van der Waals surface area (Å²) < 4.78 is 0. The lowest BCUT2D eigenvalue weighted by Gasteiger charge is -2.31. The molecule has 0 amide bonds. The van der Waals surface area contributed by atoms with Crippen LogP contribution in [0.5, 0.6) is 0 Å². The fourth-order valence-corrected chi connectivity index (χ4v) is 2.73. The molecule has 1 aromatic rings. The van der Waals surface area contributed by atoms with Gasteiger partial charge < -0.3 is 5.32 Å². The molecule has 1 unspecified atom stereocenters. The Kier molecular flexibility index (Phi) is 4.69. The zero-order valence-electron chi connectivity index (χ0n) is 10.0. The van der Waals surface area contributed by atoms with Crippen LogP contribution in [0.15, 0.2) is 18.2 Å². The highest BCUT2D eigenvalue weighted by atomic mass is 35.5. The molecule has 17 heavy (non-hydrogen) atoms. The predicted octanol–water partition coefficient (Wildman–Crippen LogP) is 3.18. The second-order valence-corrected chi connectivity index (χ2v) is 5.49. The molecule has 2 nitrogen and oxygen atoms in total. The van der Waals surface area contributed by atoms with E-state index < -0.39 is 0 Å². The largest absolute Gasteiger partial charge is 0.315 e. The standard InChI is InChI=1S/C13H18Cl2N2/c1-17(12-3-2-6-16-8-12)9-10-4-5-11(14)7-13(10)15/h4-5,7,12,16H,2-3,6,8-9H2,1H3. The molecule has 1 heterocycles. The number of benzene rings is 1. The van der Waals surface area contributed by atoms with Crippen molar-refractivity contribution >= 4 is 23.2 Å². The molecule has 0 bridgehead atoms. The fourth-order valence-electron chi connectivity index (χ4n) is 2.26. The lowest BCUT2D eigenvalue weighted by Crippen LogP contribution is -2.43. The van der Waals surface area contributed by atoms with Crippen molar-refractivity contribution in [2.24, 2.45) is 0 Å². The molecular formula is C13H18Cl2N2. The molecule has 4 heteroatoms. The van der Waals surface area contributed by atoms with Crippen molar-refractivity contribution in [1.29, 1.82) is 0 Å². The summed E-state index contributed by atoms with van der Waals surface area (Å²) in [4.78, 5) is 2.36. The molecule has 0 saturated carbocycles. The molecule has 1 aromatic carbocycles. The number of rotatable bonds is 3. The minimum Gasteiger partial charge on any atom is -0.315 e. The normalized spacial score (nSPS) is 20.8. The molecule has 1 fully saturated rings. The van der Waals surface area contributed by atoms with Gasteiger partial charge >= 0.3 is 0 Å². The SMILES string of the molecule is CN(Cc1ccc(Cl)cc1Cl)C1CCCNC1. The Morgan fingerprint density at radius 1 is 1.41 bits per heavy atom. The monoisotopic (exact) mass is 272 g/mol. The van der Waals surface area contributed by atoms with Gasteiger partial charge in [0.25, 0.3) is 0 Å². The van der Waals surface area contributed by atoms with Crippen LogP contribution >= 0.6 is 23.2 Å². The average molecular weight is 273 g/mol. The molecule has 1 N–H and O–H groups in total. The molecule has 0 radical (unpaired) electrons. The van der Waals surface area contributed by atoms with E-state index in [4.69, 9.17) is 23.2 Å². The molecule has 0 spiro atoms. The predicted molar refractivity (Wildman–Crippen MR) is 73.8 cm³/mol. The Bertz CT molecular complexity index is 376. The number of nitrogens with zero attached hydrogens (tertiary/aromatic N) is 1. The van der Waals surface area contributed by atoms with E-state index in [2.05, 4.69) is 17.3 Å². The Morgan fingerprint density at radius 3 is 2.88 bits per heavy atom. The lowest BCUT2D eigenvalue weighted by atomic mass is 10.1. The molecule has 1 aliphatic rings. The molecule has 1 saturated heterocycles. The Hall–Kier alpha value is -0.280. The van der Waals surface area contributed by atoms with E-state index in [-0.39, 0.29) is 0 Å².